The van der Waals surface area contributed by atoms with Gasteiger partial charge in [-0.15, -0.1) is 11.3 Å². The van der Waals surface area contributed by atoms with Crippen LogP contribution in [0, 0.1) is 3.57 Å². The van der Waals surface area contributed by atoms with E-state index in [0.717, 1.165) is 13.0 Å². The molecule has 2 aromatic rings. The van der Waals surface area contributed by atoms with E-state index in [1.165, 1.54) is 17.8 Å². The molecule has 1 heterocycles. The summed E-state index contributed by atoms with van der Waals surface area (Å²) < 4.78 is 2.48. The molecule has 1 unspecified atom stereocenters. The predicted octanol–water partition coefficient (Wildman–Crippen LogP) is 5.01. The SMILES string of the molecule is CCNC(Cc1ccc(I)cc1)c1ccc(Br)s1. The Morgan fingerprint density at radius 1 is 1.22 bits per heavy atom. The van der Waals surface area contributed by atoms with E-state index in [2.05, 4.69) is 87.2 Å². The molecule has 0 saturated heterocycles. The third-order valence-corrected chi connectivity index (χ3v) is 5.20. The number of likely N-dealkylation sites (N-methyl/N-ethyl adjacent to an activating group) is 1. The van der Waals surface area contributed by atoms with Gasteiger partial charge in [0.2, 0.25) is 0 Å². The van der Waals surface area contributed by atoms with E-state index >= 15 is 0 Å². The summed E-state index contributed by atoms with van der Waals surface area (Å²) >= 11 is 7.69. The highest BCUT2D eigenvalue weighted by molar-refractivity contribution is 14.1. The average Bonchev–Trinajstić information content (AvgIpc) is 2.78. The summed E-state index contributed by atoms with van der Waals surface area (Å²) in [6.07, 6.45) is 1.04. The maximum atomic E-state index is 3.56. The molecule has 1 nitrogen and oxygen atoms in total. The van der Waals surface area contributed by atoms with Gasteiger partial charge in [0.05, 0.1) is 3.79 Å². The zero-order valence-corrected chi connectivity index (χ0v) is 14.7. The number of thiophene rings is 1. The number of halogens is 2. The maximum Gasteiger partial charge on any atom is 0.0701 e. The first-order chi connectivity index (χ1) is 8.69. The van der Waals surface area contributed by atoms with Crippen LogP contribution < -0.4 is 5.32 Å². The first-order valence-electron chi connectivity index (χ1n) is 5.92. The fraction of sp³-hybridized carbons (Fsp3) is 0.286. The minimum Gasteiger partial charge on any atom is -0.309 e. The van der Waals surface area contributed by atoms with E-state index in [1.54, 1.807) is 0 Å². The summed E-state index contributed by atoms with van der Waals surface area (Å²) in [5.74, 6) is 0. The number of rotatable bonds is 5. The second-order valence-corrected chi connectivity index (χ2v) is 7.82. The third kappa shape index (κ3) is 4.05. The summed E-state index contributed by atoms with van der Waals surface area (Å²) in [5.41, 5.74) is 1.38. The molecule has 0 fully saturated rings. The van der Waals surface area contributed by atoms with Crippen molar-refractivity contribution >= 4 is 49.9 Å². The topological polar surface area (TPSA) is 12.0 Å². The summed E-state index contributed by atoms with van der Waals surface area (Å²) in [7, 11) is 0. The van der Waals surface area contributed by atoms with Crippen LogP contribution in [-0.4, -0.2) is 6.54 Å². The van der Waals surface area contributed by atoms with Gasteiger partial charge in [0.15, 0.2) is 0 Å². The fourth-order valence-electron chi connectivity index (χ4n) is 1.89. The fourth-order valence-corrected chi connectivity index (χ4v) is 3.75. The van der Waals surface area contributed by atoms with Crippen LogP contribution in [0.5, 0.6) is 0 Å². The molecule has 96 valence electrons. The average molecular weight is 436 g/mol. The molecular weight excluding hydrogens is 421 g/mol. The quantitative estimate of drug-likeness (QED) is 0.651. The second-order valence-electron chi connectivity index (χ2n) is 4.08. The van der Waals surface area contributed by atoms with Gasteiger partial charge in [-0.3, -0.25) is 0 Å². The molecular formula is C14H15BrINS. The monoisotopic (exact) mass is 435 g/mol. The normalized spacial score (nSPS) is 12.6. The smallest absolute Gasteiger partial charge is 0.0701 e. The molecule has 18 heavy (non-hydrogen) atoms. The molecule has 1 N–H and O–H groups in total. The van der Waals surface area contributed by atoms with Crippen molar-refractivity contribution in [2.75, 3.05) is 6.54 Å². The Balaban J connectivity index is 2.13. The molecule has 0 bridgehead atoms. The molecule has 1 aromatic carbocycles. The van der Waals surface area contributed by atoms with Crippen molar-refractivity contribution in [3.05, 3.63) is 54.2 Å². The number of benzene rings is 1. The molecule has 1 aromatic heterocycles. The Labute approximate surface area is 134 Å². The Morgan fingerprint density at radius 2 is 1.94 bits per heavy atom. The standard InChI is InChI=1S/C14H15BrINS/c1-2-17-12(13-7-8-14(15)18-13)9-10-3-5-11(16)6-4-10/h3-8,12,17H,2,9H2,1H3. The van der Waals surface area contributed by atoms with Gasteiger partial charge >= 0.3 is 0 Å². The van der Waals surface area contributed by atoms with Gasteiger partial charge in [0.1, 0.15) is 0 Å². The first kappa shape index (κ1) is 14.5. The largest absolute Gasteiger partial charge is 0.309 e. The summed E-state index contributed by atoms with van der Waals surface area (Å²) in [5, 5.41) is 3.56. The highest BCUT2D eigenvalue weighted by atomic mass is 127. The van der Waals surface area contributed by atoms with Crippen molar-refractivity contribution < 1.29 is 0 Å². The molecule has 1 atom stereocenters. The minimum atomic E-state index is 0.409. The highest BCUT2D eigenvalue weighted by Gasteiger charge is 2.13. The van der Waals surface area contributed by atoms with E-state index in [9.17, 15) is 0 Å². The van der Waals surface area contributed by atoms with Gasteiger partial charge < -0.3 is 5.32 Å². The Bertz CT molecular complexity index is 495. The van der Waals surface area contributed by atoms with Gasteiger partial charge in [0, 0.05) is 14.5 Å². The lowest BCUT2D eigenvalue weighted by Gasteiger charge is -2.16. The Kier molecular flexibility index (Phi) is 5.66. The van der Waals surface area contributed by atoms with Crippen molar-refractivity contribution in [2.24, 2.45) is 0 Å². The molecule has 0 aliphatic rings. The number of nitrogens with one attached hydrogen (secondary N) is 1. The van der Waals surface area contributed by atoms with Gasteiger partial charge in [0.25, 0.3) is 0 Å². The third-order valence-electron chi connectivity index (χ3n) is 2.74. The van der Waals surface area contributed by atoms with E-state index in [-0.39, 0.29) is 0 Å². The molecule has 0 saturated carbocycles. The molecule has 0 amide bonds. The first-order valence-corrected chi connectivity index (χ1v) is 8.61. The molecule has 4 heteroatoms. The molecule has 2 rings (SSSR count). The zero-order valence-electron chi connectivity index (χ0n) is 10.1. The van der Waals surface area contributed by atoms with Crippen LogP contribution in [0.15, 0.2) is 40.2 Å². The number of hydrogen-bond donors (Lipinski definition) is 1. The lowest BCUT2D eigenvalue weighted by atomic mass is 10.0. The van der Waals surface area contributed by atoms with Gasteiger partial charge in [-0.05, 0) is 81.3 Å². The highest BCUT2D eigenvalue weighted by Crippen LogP contribution is 2.29. The zero-order chi connectivity index (χ0) is 13.0. The van der Waals surface area contributed by atoms with Crippen molar-refractivity contribution in [3.63, 3.8) is 0 Å². The summed E-state index contributed by atoms with van der Waals surface area (Å²) in [6, 6.07) is 13.5. The van der Waals surface area contributed by atoms with Crippen LogP contribution >= 0.6 is 49.9 Å². The van der Waals surface area contributed by atoms with Gasteiger partial charge in [-0.2, -0.15) is 0 Å². The van der Waals surface area contributed by atoms with E-state index < -0.39 is 0 Å². The minimum absolute atomic E-state index is 0.409. The van der Waals surface area contributed by atoms with Crippen molar-refractivity contribution in [2.45, 2.75) is 19.4 Å². The van der Waals surface area contributed by atoms with Crippen LogP contribution in [0.2, 0.25) is 0 Å². The summed E-state index contributed by atoms with van der Waals surface area (Å²) in [6.45, 7) is 3.15. The Morgan fingerprint density at radius 3 is 2.50 bits per heavy atom. The van der Waals surface area contributed by atoms with Crippen LogP contribution in [0.3, 0.4) is 0 Å². The van der Waals surface area contributed by atoms with E-state index in [0.29, 0.717) is 6.04 Å². The van der Waals surface area contributed by atoms with Crippen LogP contribution in [0.1, 0.15) is 23.4 Å². The lowest BCUT2D eigenvalue weighted by Crippen LogP contribution is -2.22. The molecule has 0 radical (unpaired) electrons. The summed E-state index contributed by atoms with van der Waals surface area (Å²) in [4.78, 5) is 1.39. The molecule has 0 aliphatic heterocycles. The van der Waals surface area contributed by atoms with Crippen LogP contribution in [-0.2, 0) is 6.42 Å². The van der Waals surface area contributed by atoms with Crippen molar-refractivity contribution in [3.8, 4) is 0 Å². The van der Waals surface area contributed by atoms with Gasteiger partial charge in [-0.1, -0.05) is 19.1 Å². The number of hydrogen-bond acceptors (Lipinski definition) is 2. The van der Waals surface area contributed by atoms with Gasteiger partial charge in [-0.25, -0.2) is 0 Å². The second kappa shape index (κ2) is 7.03. The van der Waals surface area contributed by atoms with Crippen LogP contribution in [0.4, 0.5) is 0 Å². The van der Waals surface area contributed by atoms with E-state index in [1.807, 2.05) is 11.3 Å². The Hall–Kier alpha value is 0.0900. The lowest BCUT2D eigenvalue weighted by molar-refractivity contribution is 0.558. The maximum absolute atomic E-state index is 3.56. The van der Waals surface area contributed by atoms with Crippen molar-refractivity contribution in [1.82, 2.24) is 5.32 Å². The van der Waals surface area contributed by atoms with Crippen LogP contribution in [0.25, 0.3) is 0 Å². The predicted molar refractivity (Wildman–Crippen MR) is 91.3 cm³/mol. The van der Waals surface area contributed by atoms with Crippen molar-refractivity contribution in [1.29, 1.82) is 0 Å². The molecule has 0 aliphatic carbocycles. The molecule has 0 spiro atoms. The van der Waals surface area contributed by atoms with E-state index in [4.69, 9.17) is 0 Å².